The molecule has 1 aromatic rings. The van der Waals surface area contributed by atoms with Crippen molar-refractivity contribution in [2.75, 3.05) is 13.1 Å². The van der Waals surface area contributed by atoms with Gasteiger partial charge in [-0.15, -0.1) is 0 Å². The molecule has 2 heterocycles. The lowest BCUT2D eigenvalue weighted by atomic mass is 9.93. The number of rotatable bonds is 2. The van der Waals surface area contributed by atoms with Crippen molar-refractivity contribution in [3.63, 3.8) is 0 Å². The van der Waals surface area contributed by atoms with Gasteiger partial charge >= 0.3 is 5.97 Å². The molecule has 0 saturated carbocycles. The molecule has 0 radical (unpaired) electrons. The normalized spacial score (nSPS) is 26.3. The Kier molecular flexibility index (Phi) is 2.45. The number of nitrogens with one attached hydrogen (secondary N) is 1. The fourth-order valence-corrected chi connectivity index (χ4v) is 1.84. The SMILES string of the molecule is O=C(O)[C@H]1CNC[C@@H]1c1ccccn1. The summed E-state index contributed by atoms with van der Waals surface area (Å²) < 4.78 is 0. The highest BCUT2D eigenvalue weighted by Crippen LogP contribution is 2.26. The van der Waals surface area contributed by atoms with Crippen molar-refractivity contribution in [2.24, 2.45) is 5.92 Å². The summed E-state index contributed by atoms with van der Waals surface area (Å²) in [4.78, 5) is 15.1. The predicted octanol–water partition coefficient (Wildman–Crippen LogP) is 0.469. The first-order chi connectivity index (χ1) is 6.79. The Balaban J connectivity index is 2.22. The molecule has 2 atom stereocenters. The number of hydrogen-bond acceptors (Lipinski definition) is 3. The molecule has 2 N–H and O–H groups in total. The molecule has 1 fully saturated rings. The number of carboxylic acid groups (broad SMARTS) is 1. The third-order valence-corrected chi connectivity index (χ3v) is 2.60. The number of pyridine rings is 1. The highest BCUT2D eigenvalue weighted by atomic mass is 16.4. The van der Waals surface area contributed by atoms with Gasteiger partial charge in [0.1, 0.15) is 0 Å². The molecule has 0 bridgehead atoms. The maximum absolute atomic E-state index is 10.9. The van der Waals surface area contributed by atoms with Crippen LogP contribution in [0.5, 0.6) is 0 Å². The minimum absolute atomic E-state index is 0.00806. The Morgan fingerprint density at radius 1 is 1.50 bits per heavy atom. The molecule has 1 aliphatic rings. The number of aliphatic carboxylic acids is 1. The molecule has 74 valence electrons. The molecule has 0 aliphatic carbocycles. The quantitative estimate of drug-likeness (QED) is 0.715. The molecule has 4 heteroatoms. The van der Waals surface area contributed by atoms with Gasteiger partial charge in [0.05, 0.1) is 5.92 Å². The second-order valence-electron chi connectivity index (χ2n) is 3.46. The zero-order valence-electron chi connectivity index (χ0n) is 7.68. The Labute approximate surface area is 82.0 Å². The van der Waals surface area contributed by atoms with E-state index in [-0.39, 0.29) is 11.8 Å². The van der Waals surface area contributed by atoms with Gasteiger partial charge in [-0.25, -0.2) is 0 Å². The highest BCUT2D eigenvalue weighted by Gasteiger charge is 2.34. The summed E-state index contributed by atoms with van der Waals surface area (Å²) in [6.07, 6.45) is 1.70. The van der Waals surface area contributed by atoms with Gasteiger partial charge in [0, 0.05) is 30.9 Å². The maximum Gasteiger partial charge on any atom is 0.308 e. The molecule has 2 rings (SSSR count). The zero-order chi connectivity index (χ0) is 9.97. The first kappa shape index (κ1) is 9.15. The average Bonchev–Trinajstić information content (AvgIpc) is 2.67. The lowest BCUT2D eigenvalue weighted by Gasteiger charge is -2.13. The Hall–Kier alpha value is -1.42. The van der Waals surface area contributed by atoms with Crippen molar-refractivity contribution in [1.29, 1.82) is 0 Å². The van der Waals surface area contributed by atoms with E-state index in [2.05, 4.69) is 10.3 Å². The summed E-state index contributed by atoms with van der Waals surface area (Å²) in [6.45, 7) is 1.24. The van der Waals surface area contributed by atoms with Crippen molar-refractivity contribution in [3.8, 4) is 0 Å². The third kappa shape index (κ3) is 1.61. The smallest absolute Gasteiger partial charge is 0.308 e. The van der Waals surface area contributed by atoms with Crippen molar-refractivity contribution < 1.29 is 9.90 Å². The zero-order valence-corrected chi connectivity index (χ0v) is 7.68. The fraction of sp³-hybridized carbons (Fsp3) is 0.400. The molecule has 0 amide bonds. The molecule has 14 heavy (non-hydrogen) atoms. The van der Waals surface area contributed by atoms with Crippen molar-refractivity contribution in [1.82, 2.24) is 10.3 Å². The topological polar surface area (TPSA) is 62.2 Å². The number of hydrogen-bond donors (Lipinski definition) is 2. The van der Waals surface area contributed by atoms with Crippen LogP contribution in [0.1, 0.15) is 11.6 Å². The first-order valence-electron chi connectivity index (χ1n) is 4.63. The maximum atomic E-state index is 10.9. The average molecular weight is 192 g/mol. The molecule has 4 nitrogen and oxygen atoms in total. The van der Waals surface area contributed by atoms with Gasteiger partial charge in [-0.3, -0.25) is 9.78 Å². The van der Waals surface area contributed by atoms with Crippen LogP contribution < -0.4 is 5.32 Å². The minimum Gasteiger partial charge on any atom is -0.481 e. The minimum atomic E-state index is -0.745. The number of carbonyl (C=O) groups is 1. The highest BCUT2D eigenvalue weighted by molar-refractivity contribution is 5.72. The van der Waals surface area contributed by atoms with E-state index < -0.39 is 5.97 Å². The van der Waals surface area contributed by atoms with Crippen LogP contribution in [0.4, 0.5) is 0 Å². The number of carboxylic acids is 1. The van der Waals surface area contributed by atoms with Crippen LogP contribution in [-0.4, -0.2) is 29.1 Å². The number of nitrogens with zero attached hydrogens (tertiary/aromatic N) is 1. The Morgan fingerprint density at radius 2 is 2.36 bits per heavy atom. The fourth-order valence-electron chi connectivity index (χ4n) is 1.84. The Bertz CT molecular complexity index is 326. The van der Waals surface area contributed by atoms with E-state index in [9.17, 15) is 4.79 Å². The van der Waals surface area contributed by atoms with Gasteiger partial charge in [0.15, 0.2) is 0 Å². The van der Waals surface area contributed by atoms with E-state index in [1.165, 1.54) is 0 Å². The monoisotopic (exact) mass is 192 g/mol. The van der Waals surface area contributed by atoms with Crippen molar-refractivity contribution in [2.45, 2.75) is 5.92 Å². The van der Waals surface area contributed by atoms with Gasteiger partial charge in [-0.05, 0) is 12.1 Å². The standard InChI is InChI=1S/C10H12N2O2/c13-10(14)8-6-11-5-7(8)9-3-1-2-4-12-9/h1-4,7-8,11H,5-6H2,(H,13,14)/t7-,8-/m0/s1. The lowest BCUT2D eigenvalue weighted by molar-refractivity contribution is -0.141. The van der Waals surface area contributed by atoms with Gasteiger partial charge < -0.3 is 10.4 Å². The van der Waals surface area contributed by atoms with Crippen LogP contribution in [0.2, 0.25) is 0 Å². The molecular formula is C10H12N2O2. The van der Waals surface area contributed by atoms with E-state index in [1.54, 1.807) is 6.20 Å². The van der Waals surface area contributed by atoms with E-state index in [0.29, 0.717) is 13.1 Å². The van der Waals surface area contributed by atoms with Crippen LogP contribution in [-0.2, 0) is 4.79 Å². The van der Waals surface area contributed by atoms with Crippen molar-refractivity contribution >= 4 is 5.97 Å². The van der Waals surface area contributed by atoms with Crippen molar-refractivity contribution in [3.05, 3.63) is 30.1 Å². The number of aromatic nitrogens is 1. The Morgan fingerprint density at radius 3 is 3.00 bits per heavy atom. The van der Waals surface area contributed by atoms with E-state index >= 15 is 0 Å². The van der Waals surface area contributed by atoms with Crippen LogP contribution in [0, 0.1) is 5.92 Å². The summed E-state index contributed by atoms with van der Waals surface area (Å²) in [6, 6.07) is 5.61. The van der Waals surface area contributed by atoms with E-state index in [4.69, 9.17) is 5.11 Å². The van der Waals surface area contributed by atoms with Gasteiger partial charge in [-0.2, -0.15) is 0 Å². The van der Waals surface area contributed by atoms with Crippen LogP contribution >= 0.6 is 0 Å². The van der Waals surface area contributed by atoms with Gasteiger partial charge in [0.2, 0.25) is 0 Å². The third-order valence-electron chi connectivity index (χ3n) is 2.60. The van der Waals surface area contributed by atoms with E-state index in [1.807, 2.05) is 18.2 Å². The molecular weight excluding hydrogens is 180 g/mol. The molecule has 1 saturated heterocycles. The van der Waals surface area contributed by atoms with Gasteiger partial charge in [0.25, 0.3) is 0 Å². The predicted molar refractivity (Wildman–Crippen MR) is 51.0 cm³/mol. The second kappa shape index (κ2) is 3.75. The lowest BCUT2D eigenvalue weighted by Crippen LogP contribution is -2.21. The summed E-state index contributed by atoms with van der Waals surface area (Å²) in [5.74, 6) is -1.08. The summed E-state index contributed by atoms with van der Waals surface area (Å²) in [5.41, 5.74) is 0.866. The molecule has 0 aromatic carbocycles. The summed E-state index contributed by atoms with van der Waals surface area (Å²) in [5, 5.41) is 12.1. The van der Waals surface area contributed by atoms with Crippen LogP contribution in [0.15, 0.2) is 24.4 Å². The molecule has 0 spiro atoms. The molecule has 1 aliphatic heterocycles. The summed E-state index contributed by atoms with van der Waals surface area (Å²) >= 11 is 0. The molecule has 1 aromatic heterocycles. The van der Waals surface area contributed by atoms with E-state index in [0.717, 1.165) is 5.69 Å². The van der Waals surface area contributed by atoms with Gasteiger partial charge in [-0.1, -0.05) is 6.07 Å². The van der Waals surface area contributed by atoms with Crippen LogP contribution in [0.25, 0.3) is 0 Å². The summed E-state index contributed by atoms with van der Waals surface area (Å²) in [7, 11) is 0. The largest absolute Gasteiger partial charge is 0.481 e. The second-order valence-corrected chi connectivity index (χ2v) is 3.46. The first-order valence-corrected chi connectivity index (χ1v) is 4.63. The van der Waals surface area contributed by atoms with Crippen LogP contribution in [0.3, 0.4) is 0 Å². The molecule has 0 unspecified atom stereocenters.